The lowest BCUT2D eigenvalue weighted by atomic mass is 10.1. The second-order valence-corrected chi connectivity index (χ2v) is 7.23. The van der Waals surface area contributed by atoms with E-state index in [0.29, 0.717) is 19.6 Å². The molecule has 1 aliphatic heterocycles. The van der Waals surface area contributed by atoms with Crippen LogP contribution in [0.5, 0.6) is 0 Å². The van der Waals surface area contributed by atoms with E-state index < -0.39 is 0 Å². The predicted octanol–water partition coefficient (Wildman–Crippen LogP) is 2.26. The molecule has 1 atom stereocenters. The van der Waals surface area contributed by atoms with Crippen molar-refractivity contribution >= 4 is 22.8 Å². The minimum atomic E-state index is -0.293. The highest BCUT2D eigenvalue weighted by molar-refractivity contribution is 5.89. The second-order valence-electron chi connectivity index (χ2n) is 7.23. The van der Waals surface area contributed by atoms with Crippen molar-refractivity contribution in [3.05, 3.63) is 54.2 Å². The van der Waals surface area contributed by atoms with E-state index in [1.807, 2.05) is 31.3 Å². The van der Waals surface area contributed by atoms with Crippen LogP contribution >= 0.6 is 0 Å². The van der Waals surface area contributed by atoms with Crippen molar-refractivity contribution in [1.29, 1.82) is 0 Å². The summed E-state index contributed by atoms with van der Waals surface area (Å²) in [4.78, 5) is 30.9. The molecule has 28 heavy (non-hydrogen) atoms. The highest BCUT2D eigenvalue weighted by Crippen LogP contribution is 2.20. The number of fused-ring (bicyclic) bond motifs is 1. The molecule has 1 saturated heterocycles. The van der Waals surface area contributed by atoms with Crippen molar-refractivity contribution in [2.45, 2.75) is 25.8 Å². The molecule has 0 bridgehead atoms. The van der Waals surface area contributed by atoms with E-state index in [2.05, 4.69) is 20.9 Å². The minimum absolute atomic E-state index is 0.00347. The smallest absolute Gasteiger partial charge is 0.225 e. The number of likely N-dealkylation sites (tertiary alicyclic amines) is 1. The molecule has 7 nitrogen and oxygen atoms in total. The fourth-order valence-electron chi connectivity index (χ4n) is 3.71. The first-order chi connectivity index (χ1) is 13.6. The lowest BCUT2D eigenvalue weighted by Crippen LogP contribution is -2.33. The molecule has 2 amide bonds. The summed E-state index contributed by atoms with van der Waals surface area (Å²) in [5.74, 6) is 1.39. The fourth-order valence-corrected chi connectivity index (χ4v) is 3.71. The second kappa shape index (κ2) is 7.88. The quantitative estimate of drug-likeness (QED) is 0.638. The number of amides is 2. The third-order valence-electron chi connectivity index (χ3n) is 5.27. The van der Waals surface area contributed by atoms with Crippen LogP contribution in [-0.4, -0.2) is 39.4 Å². The van der Waals surface area contributed by atoms with Crippen LogP contribution in [0.2, 0.25) is 0 Å². The number of hydrogen-bond donors (Lipinski definition) is 1. The highest BCUT2D eigenvalue weighted by atomic mass is 16.3. The van der Waals surface area contributed by atoms with Gasteiger partial charge in [0, 0.05) is 33.0 Å². The Morgan fingerprint density at radius 3 is 2.93 bits per heavy atom. The van der Waals surface area contributed by atoms with Gasteiger partial charge in [0.2, 0.25) is 11.8 Å². The zero-order chi connectivity index (χ0) is 19.5. The topological polar surface area (TPSA) is 80.4 Å². The lowest BCUT2D eigenvalue weighted by Gasteiger charge is -2.15. The maximum atomic E-state index is 12.4. The van der Waals surface area contributed by atoms with E-state index >= 15 is 0 Å². The summed E-state index contributed by atoms with van der Waals surface area (Å²) in [7, 11) is 2.01. The van der Waals surface area contributed by atoms with Gasteiger partial charge in [0.15, 0.2) is 0 Å². The molecule has 1 fully saturated rings. The molecule has 2 aromatic heterocycles. The molecular formula is C21H24N4O3. The molecule has 1 aliphatic rings. The van der Waals surface area contributed by atoms with Gasteiger partial charge in [-0.2, -0.15) is 0 Å². The van der Waals surface area contributed by atoms with Crippen LogP contribution in [0.4, 0.5) is 0 Å². The largest absolute Gasteiger partial charge is 0.467 e. The third-order valence-corrected chi connectivity index (χ3v) is 5.27. The molecule has 4 rings (SSSR count). The number of aromatic nitrogens is 2. The number of nitrogens with one attached hydrogen (secondary N) is 1. The Bertz CT molecular complexity index is 977. The predicted molar refractivity (Wildman–Crippen MR) is 104 cm³/mol. The van der Waals surface area contributed by atoms with Crippen molar-refractivity contribution in [1.82, 2.24) is 19.8 Å². The third kappa shape index (κ3) is 3.78. The van der Waals surface area contributed by atoms with Gasteiger partial charge >= 0.3 is 0 Å². The van der Waals surface area contributed by atoms with Crippen molar-refractivity contribution < 1.29 is 14.0 Å². The van der Waals surface area contributed by atoms with Crippen LogP contribution < -0.4 is 5.32 Å². The Hall–Kier alpha value is -3.09. The SMILES string of the molecule is Cn1c(CCCNC(=O)C2CC(=O)N(Cc3ccco3)C2)nc2ccccc21. The number of nitrogens with zero attached hydrogens (tertiary/aromatic N) is 3. The van der Waals surface area contributed by atoms with E-state index in [-0.39, 0.29) is 24.2 Å². The highest BCUT2D eigenvalue weighted by Gasteiger charge is 2.34. The molecule has 1 N–H and O–H groups in total. The summed E-state index contributed by atoms with van der Waals surface area (Å²) in [6, 6.07) is 11.7. The number of hydrogen-bond acceptors (Lipinski definition) is 4. The van der Waals surface area contributed by atoms with E-state index in [1.54, 1.807) is 17.2 Å². The molecular weight excluding hydrogens is 356 g/mol. The van der Waals surface area contributed by atoms with Crippen LogP contribution in [0.3, 0.4) is 0 Å². The summed E-state index contributed by atoms with van der Waals surface area (Å²) >= 11 is 0. The fraction of sp³-hybridized carbons (Fsp3) is 0.381. The molecule has 1 aromatic carbocycles. The molecule has 0 radical (unpaired) electrons. The molecule has 1 unspecified atom stereocenters. The summed E-state index contributed by atoms with van der Waals surface area (Å²) < 4.78 is 7.39. The Balaban J connectivity index is 1.24. The van der Waals surface area contributed by atoms with Gasteiger partial charge in [0.05, 0.1) is 29.8 Å². The lowest BCUT2D eigenvalue weighted by molar-refractivity contribution is -0.129. The first-order valence-corrected chi connectivity index (χ1v) is 9.60. The first kappa shape index (κ1) is 18.3. The number of carbonyl (C=O) groups excluding carboxylic acids is 2. The molecule has 0 spiro atoms. The summed E-state index contributed by atoms with van der Waals surface area (Å²) in [5.41, 5.74) is 2.10. The summed E-state index contributed by atoms with van der Waals surface area (Å²) in [5, 5.41) is 2.97. The van der Waals surface area contributed by atoms with E-state index in [4.69, 9.17) is 4.42 Å². The number of aryl methyl sites for hydroxylation is 2. The van der Waals surface area contributed by atoms with Crippen molar-refractivity contribution in [2.24, 2.45) is 13.0 Å². The monoisotopic (exact) mass is 380 g/mol. The van der Waals surface area contributed by atoms with Crippen LogP contribution in [0.1, 0.15) is 24.4 Å². The van der Waals surface area contributed by atoms with Gasteiger partial charge in [0.25, 0.3) is 0 Å². The Morgan fingerprint density at radius 2 is 2.14 bits per heavy atom. The van der Waals surface area contributed by atoms with E-state index in [1.165, 1.54) is 0 Å². The zero-order valence-electron chi connectivity index (χ0n) is 15.9. The van der Waals surface area contributed by atoms with E-state index in [9.17, 15) is 9.59 Å². The van der Waals surface area contributed by atoms with Gasteiger partial charge in [-0.3, -0.25) is 9.59 Å². The molecule has 0 aliphatic carbocycles. The molecule has 3 heterocycles. The van der Waals surface area contributed by atoms with Crippen molar-refractivity contribution in [2.75, 3.05) is 13.1 Å². The Labute approximate surface area is 163 Å². The standard InChI is InChI=1S/C21H24N4O3/c1-24-18-8-3-2-7-17(18)23-19(24)9-4-10-22-21(27)15-12-20(26)25(13-15)14-16-6-5-11-28-16/h2-3,5-8,11,15H,4,9-10,12-14H2,1H3,(H,22,27). The maximum absolute atomic E-state index is 12.4. The molecule has 7 heteroatoms. The maximum Gasteiger partial charge on any atom is 0.225 e. The number of benzene rings is 1. The number of para-hydroxylation sites is 2. The van der Waals surface area contributed by atoms with E-state index in [0.717, 1.165) is 35.5 Å². The average molecular weight is 380 g/mol. The molecule has 146 valence electrons. The normalized spacial score (nSPS) is 16.8. The van der Waals surface area contributed by atoms with Gasteiger partial charge in [-0.05, 0) is 30.7 Å². The summed E-state index contributed by atoms with van der Waals surface area (Å²) in [6.07, 6.45) is 3.45. The zero-order valence-corrected chi connectivity index (χ0v) is 15.9. The first-order valence-electron chi connectivity index (χ1n) is 9.60. The molecule has 0 saturated carbocycles. The van der Waals surface area contributed by atoms with Crippen molar-refractivity contribution in [3.63, 3.8) is 0 Å². The number of imidazole rings is 1. The number of furan rings is 1. The van der Waals surface area contributed by atoms with Crippen LogP contribution in [0, 0.1) is 5.92 Å². The van der Waals surface area contributed by atoms with Crippen molar-refractivity contribution in [3.8, 4) is 0 Å². The molecule has 3 aromatic rings. The Kier molecular flexibility index (Phi) is 5.14. The van der Waals surface area contributed by atoms with Gasteiger partial charge in [-0.1, -0.05) is 12.1 Å². The van der Waals surface area contributed by atoms with Gasteiger partial charge in [-0.15, -0.1) is 0 Å². The average Bonchev–Trinajstić information content (AvgIpc) is 3.41. The number of carbonyl (C=O) groups is 2. The number of rotatable bonds is 7. The van der Waals surface area contributed by atoms with Gasteiger partial charge in [-0.25, -0.2) is 4.98 Å². The van der Waals surface area contributed by atoms with Gasteiger partial charge < -0.3 is 19.2 Å². The van der Waals surface area contributed by atoms with Crippen LogP contribution in [-0.2, 0) is 29.6 Å². The summed E-state index contributed by atoms with van der Waals surface area (Å²) in [6.45, 7) is 1.43. The van der Waals surface area contributed by atoms with Crippen LogP contribution in [0.25, 0.3) is 11.0 Å². The van der Waals surface area contributed by atoms with Gasteiger partial charge in [0.1, 0.15) is 11.6 Å². The minimum Gasteiger partial charge on any atom is -0.467 e. The van der Waals surface area contributed by atoms with Crippen LogP contribution in [0.15, 0.2) is 47.1 Å². The Morgan fingerprint density at radius 1 is 1.29 bits per heavy atom.